The van der Waals surface area contributed by atoms with Crippen molar-refractivity contribution >= 4 is 0 Å². The van der Waals surface area contributed by atoms with Crippen molar-refractivity contribution in [3.63, 3.8) is 0 Å². The van der Waals surface area contributed by atoms with E-state index in [-0.39, 0.29) is 5.92 Å². The molecule has 6 heteroatoms. The Morgan fingerprint density at radius 1 is 0.704 bits per heavy atom. The Balaban J connectivity index is 2.23. The van der Waals surface area contributed by atoms with Gasteiger partial charge in [-0.2, -0.15) is 0 Å². The number of benzene rings is 2. The minimum atomic E-state index is -0.632. The Morgan fingerprint density at radius 3 is 1.59 bits per heavy atom. The molecule has 0 fully saturated rings. The molecule has 0 heterocycles. The molecule has 1 aliphatic rings. The van der Waals surface area contributed by atoms with Gasteiger partial charge < -0.3 is 30.6 Å². The van der Waals surface area contributed by atoms with Crippen LogP contribution in [0.15, 0.2) is 60.2 Å². The van der Waals surface area contributed by atoms with Crippen LogP contribution in [0.1, 0.15) is 24.0 Å². The maximum absolute atomic E-state index is 9.93. The first kappa shape index (κ1) is 18.3. The normalized spacial score (nSPS) is 16.4. The maximum Gasteiger partial charge on any atom is 0.200 e. The van der Waals surface area contributed by atoms with Gasteiger partial charge in [-0.25, -0.2) is 0 Å². The van der Waals surface area contributed by atoms with Gasteiger partial charge in [0.15, 0.2) is 34.5 Å². The molecule has 2 aromatic carbocycles. The van der Waals surface area contributed by atoms with Crippen LogP contribution in [0.3, 0.4) is 0 Å². The Hall–Kier alpha value is -3.54. The molecule has 6 N–H and O–H groups in total. The first-order chi connectivity index (χ1) is 12.8. The zero-order valence-corrected chi connectivity index (χ0v) is 14.5. The Kier molecular flexibility index (Phi) is 4.73. The van der Waals surface area contributed by atoms with Gasteiger partial charge in [0.2, 0.25) is 0 Å². The molecule has 6 nitrogen and oxygen atoms in total. The summed E-state index contributed by atoms with van der Waals surface area (Å²) in [5, 5.41) is 59.0. The number of allylic oxidation sites excluding steroid dienone is 6. The van der Waals surface area contributed by atoms with Crippen molar-refractivity contribution in [3.8, 4) is 34.5 Å². The van der Waals surface area contributed by atoms with E-state index in [0.29, 0.717) is 11.1 Å². The second-order valence-electron chi connectivity index (χ2n) is 6.52. The Labute approximate surface area is 155 Å². The molecule has 0 spiro atoms. The third-order valence-electron chi connectivity index (χ3n) is 4.48. The largest absolute Gasteiger partial charge is 0.504 e. The lowest BCUT2D eigenvalue weighted by Gasteiger charge is -2.21. The van der Waals surface area contributed by atoms with Crippen LogP contribution in [0.5, 0.6) is 34.5 Å². The van der Waals surface area contributed by atoms with Gasteiger partial charge in [-0.15, -0.1) is 0 Å². The average molecular weight is 368 g/mol. The minimum Gasteiger partial charge on any atom is -0.504 e. The molecular weight excluding hydrogens is 348 g/mol. The van der Waals surface area contributed by atoms with Crippen molar-refractivity contribution in [2.24, 2.45) is 5.92 Å². The molecule has 2 aromatic rings. The van der Waals surface area contributed by atoms with E-state index in [1.165, 1.54) is 24.3 Å². The van der Waals surface area contributed by atoms with Crippen LogP contribution in [-0.2, 0) is 0 Å². The van der Waals surface area contributed by atoms with E-state index in [1.807, 2.05) is 37.3 Å². The second-order valence-corrected chi connectivity index (χ2v) is 6.52. The number of phenolic OH excluding ortho intramolecular Hbond substituents is 6. The zero-order chi connectivity index (χ0) is 19.7. The zero-order valence-electron chi connectivity index (χ0n) is 14.5. The van der Waals surface area contributed by atoms with Gasteiger partial charge in [0.25, 0.3) is 0 Å². The average Bonchev–Trinajstić information content (AvgIpc) is 2.82. The molecule has 0 aromatic heterocycles. The van der Waals surface area contributed by atoms with Crippen molar-refractivity contribution in [1.29, 1.82) is 0 Å². The predicted octanol–water partition coefficient (Wildman–Crippen LogP) is 3.74. The van der Waals surface area contributed by atoms with Crippen LogP contribution in [0, 0.1) is 5.92 Å². The molecule has 0 saturated carbocycles. The molecule has 1 atom stereocenters. The lowest BCUT2D eigenvalue weighted by Crippen LogP contribution is -2.04. The highest BCUT2D eigenvalue weighted by molar-refractivity contribution is 5.60. The van der Waals surface area contributed by atoms with Gasteiger partial charge >= 0.3 is 0 Å². The molecule has 27 heavy (non-hydrogen) atoms. The van der Waals surface area contributed by atoms with E-state index >= 15 is 0 Å². The molecule has 1 unspecified atom stereocenters. The summed E-state index contributed by atoms with van der Waals surface area (Å²) >= 11 is 0. The number of rotatable bonds is 3. The van der Waals surface area contributed by atoms with Crippen LogP contribution < -0.4 is 0 Å². The van der Waals surface area contributed by atoms with Gasteiger partial charge in [-0.05, 0) is 46.9 Å². The van der Waals surface area contributed by atoms with Gasteiger partial charge in [-0.1, -0.05) is 37.3 Å². The second kappa shape index (κ2) is 6.99. The fourth-order valence-electron chi connectivity index (χ4n) is 3.08. The smallest absolute Gasteiger partial charge is 0.200 e. The standard InChI is InChI=1S/C21H20O6/c1-11-3-2-4-12(6-5-11)19(13-7-15(22)20(26)16(23)8-13)14-9-17(24)21(27)18(25)10-14/h2-11,19,22-27H,1H3. The number of aromatic hydroxyl groups is 6. The number of hydrogen-bond donors (Lipinski definition) is 6. The van der Waals surface area contributed by atoms with E-state index < -0.39 is 40.4 Å². The molecule has 0 bridgehead atoms. The van der Waals surface area contributed by atoms with Crippen molar-refractivity contribution in [2.45, 2.75) is 12.8 Å². The highest BCUT2D eigenvalue weighted by atomic mass is 16.3. The van der Waals surface area contributed by atoms with Gasteiger partial charge in [0.05, 0.1) is 0 Å². The Bertz CT molecular complexity index is 867. The van der Waals surface area contributed by atoms with Crippen molar-refractivity contribution in [3.05, 3.63) is 71.3 Å². The highest BCUT2D eigenvalue weighted by Gasteiger charge is 2.23. The lowest BCUT2D eigenvalue weighted by atomic mass is 9.83. The summed E-state index contributed by atoms with van der Waals surface area (Å²) in [4.78, 5) is 0. The fraction of sp³-hybridized carbons (Fsp3) is 0.143. The van der Waals surface area contributed by atoms with Gasteiger partial charge in [-0.3, -0.25) is 0 Å². The first-order valence-corrected chi connectivity index (χ1v) is 8.34. The monoisotopic (exact) mass is 368 g/mol. The molecule has 0 aliphatic heterocycles. The molecule has 140 valence electrons. The van der Waals surface area contributed by atoms with E-state index in [9.17, 15) is 30.6 Å². The molecule has 3 rings (SSSR count). The summed E-state index contributed by atoms with van der Waals surface area (Å²) in [6.07, 6.45) is 9.53. The molecular formula is C21H20O6. The summed E-state index contributed by atoms with van der Waals surface area (Å²) < 4.78 is 0. The number of hydrogen-bond acceptors (Lipinski definition) is 6. The summed E-state index contributed by atoms with van der Waals surface area (Å²) in [6, 6.07) is 5.20. The summed E-state index contributed by atoms with van der Waals surface area (Å²) in [7, 11) is 0. The van der Waals surface area contributed by atoms with E-state index in [1.54, 1.807) is 0 Å². The van der Waals surface area contributed by atoms with Crippen LogP contribution >= 0.6 is 0 Å². The molecule has 0 radical (unpaired) electrons. The van der Waals surface area contributed by atoms with Crippen LogP contribution in [-0.4, -0.2) is 30.6 Å². The SMILES string of the molecule is CC1C=CC=C(C(c2cc(O)c(O)c(O)c2)c2cc(O)c(O)c(O)c2)C=C1. The topological polar surface area (TPSA) is 121 Å². The Morgan fingerprint density at radius 2 is 1.15 bits per heavy atom. The third kappa shape index (κ3) is 3.55. The van der Waals surface area contributed by atoms with Crippen molar-refractivity contribution in [1.82, 2.24) is 0 Å². The van der Waals surface area contributed by atoms with E-state index in [4.69, 9.17) is 0 Å². The van der Waals surface area contributed by atoms with Crippen molar-refractivity contribution in [2.75, 3.05) is 0 Å². The summed E-state index contributed by atoms with van der Waals surface area (Å²) in [5.74, 6) is -3.66. The van der Waals surface area contributed by atoms with Crippen LogP contribution in [0.2, 0.25) is 0 Å². The van der Waals surface area contributed by atoms with E-state index in [0.717, 1.165) is 5.57 Å². The van der Waals surface area contributed by atoms with Crippen LogP contribution in [0.4, 0.5) is 0 Å². The minimum absolute atomic E-state index is 0.197. The lowest BCUT2D eigenvalue weighted by molar-refractivity contribution is 0.366. The first-order valence-electron chi connectivity index (χ1n) is 8.34. The maximum atomic E-state index is 9.93. The fourth-order valence-corrected chi connectivity index (χ4v) is 3.08. The quantitative estimate of drug-likeness (QED) is 0.459. The van der Waals surface area contributed by atoms with Gasteiger partial charge in [0.1, 0.15) is 0 Å². The number of phenols is 6. The molecule has 1 aliphatic carbocycles. The van der Waals surface area contributed by atoms with E-state index in [2.05, 4.69) is 0 Å². The molecule has 0 saturated heterocycles. The third-order valence-corrected chi connectivity index (χ3v) is 4.48. The predicted molar refractivity (Wildman–Crippen MR) is 100 cm³/mol. The van der Waals surface area contributed by atoms with Crippen LogP contribution in [0.25, 0.3) is 0 Å². The molecule has 0 amide bonds. The summed E-state index contributed by atoms with van der Waals surface area (Å²) in [5.41, 5.74) is 1.60. The van der Waals surface area contributed by atoms with Crippen molar-refractivity contribution < 1.29 is 30.6 Å². The van der Waals surface area contributed by atoms with Gasteiger partial charge in [0, 0.05) is 5.92 Å². The highest BCUT2D eigenvalue weighted by Crippen LogP contribution is 2.45. The summed E-state index contributed by atoms with van der Waals surface area (Å²) in [6.45, 7) is 2.01.